The molecule has 0 aromatic carbocycles. The molecule has 124 valence electrons. The average molecular weight is 318 g/mol. The van der Waals surface area contributed by atoms with Crippen molar-refractivity contribution in [3.05, 3.63) is 30.0 Å². The molecule has 2 amide bonds. The van der Waals surface area contributed by atoms with Crippen molar-refractivity contribution in [3.8, 4) is 0 Å². The highest BCUT2D eigenvalue weighted by atomic mass is 16.5. The van der Waals surface area contributed by atoms with Crippen LogP contribution in [0.3, 0.4) is 0 Å². The van der Waals surface area contributed by atoms with Crippen LogP contribution in [0.5, 0.6) is 0 Å². The Bertz CT molecular complexity index is 679. The van der Waals surface area contributed by atoms with Gasteiger partial charge in [-0.25, -0.2) is 9.78 Å². The molecular formula is C15H22N6O2. The summed E-state index contributed by atoms with van der Waals surface area (Å²) in [4.78, 5) is 21.1. The number of carbonyl (C=O) groups excluding carboxylic acids is 1. The van der Waals surface area contributed by atoms with Crippen LogP contribution in [0.4, 0.5) is 10.6 Å². The van der Waals surface area contributed by atoms with Crippen molar-refractivity contribution < 1.29 is 9.32 Å². The lowest BCUT2D eigenvalue weighted by molar-refractivity contribution is 0.0926. The summed E-state index contributed by atoms with van der Waals surface area (Å²) < 4.78 is 6.87. The van der Waals surface area contributed by atoms with E-state index in [1.54, 1.807) is 11.1 Å². The molecule has 1 N–H and O–H groups in total. The van der Waals surface area contributed by atoms with Crippen LogP contribution in [0, 0.1) is 6.92 Å². The molecule has 1 aliphatic heterocycles. The molecule has 2 aromatic rings. The summed E-state index contributed by atoms with van der Waals surface area (Å²) in [6.07, 6.45) is 5.24. The number of hydrogen-bond donors (Lipinski definition) is 1. The SMILES string of the molecule is CCN1CCN(C(=O)Nc2nocc2C)CC1c1nccn1C. The van der Waals surface area contributed by atoms with Crippen LogP contribution < -0.4 is 5.32 Å². The maximum atomic E-state index is 12.5. The van der Waals surface area contributed by atoms with Crippen LogP contribution in [0.1, 0.15) is 24.4 Å². The summed E-state index contributed by atoms with van der Waals surface area (Å²) >= 11 is 0. The Balaban J connectivity index is 1.73. The van der Waals surface area contributed by atoms with E-state index >= 15 is 0 Å². The van der Waals surface area contributed by atoms with Gasteiger partial charge in [0.1, 0.15) is 12.1 Å². The maximum absolute atomic E-state index is 12.5. The molecule has 1 unspecified atom stereocenters. The molecule has 0 bridgehead atoms. The number of hydrogen-bond acceptors (Lipinski definition) is 5. The van der Waals surface area contributed by atoms with E-state index in [1.165, 1.54) is 6.26 Å². The lowest BCUT2D eigenvalue weighted by Crippen LogP contribution is -2.52. The van der Waals surface area contributed by atoms with Gasteiger partial charge in [0.15, 0.2) is 5.82 Å². The zero-order valence-electron chi connectivity index (χ0n) is 13.7. The third-order valence-corrected chi connectivity index (χ3v) is 4.31. The number of imidazole rings is 1. The molecule has 3 rings (SSSR count). The van der Waals surface area contributed by atoms with Crippen molar-refractivity contribution in [1.82, 2.24) is 24.5 Å². The topological polar surface area (TPSA) is 79.4 Å². The first kappa shape index (κ1) is 15.5. The lowest BCUT2D eigenvalue weighted by atomic mass is 10.1. The van der Waals surface area contributed by atoms with Crippen LogP contribution in [-0.2, 0) is 7.05 Å². The number of piperazine rings is 1. The van der Waals surface area contributed by atoms with Gasteiger partial charge < -0.3 is 14.0 Å². The first-order chi connectivity index (χ1) is 11.1. The molecule has 1 aliphatic rings. The third kappa shape index (κ3) is 3.07. The smallest absolute Gasteiger partial charge is 0.323 e. The standard InChI is InChI=1S/C15H22N6O2/c1-4-20-7-8-21(9-12(20)14-16-5-6-19(14)3)15(22)17-13-11(2)10-23-18-13/h5-6,10,12H,4,7-9H2,1-3H3,(H,17,18,22). The van der Waals surface area contributed by atoms with Crippen LogP contribution in [-0.4, -0.2) is 56.7 Å². The molecular weight excluding hydrogens is 296 g/mol. The van der Waals surface area contributed by atoms with E-state index in [1.807, 2.05) is 24.7 Å². The number of aromatic nitrogens is 3. The Kier molecular flexibility index (Phi) is 4.33. The highest BCUT2D eigenvalue weighted by Gasteiger charge is 2.32. The van der Waals surface area contributed by atoms with Gasteiger partial charge in [-0.1, -0.05) is 12.1 Å². The molecule has 8 nitrogen and oxygen atoms in total. The summed E-state index contributed by atoms with van der Waals surface area (Å²) in [6.45, 7) is 7.00. The summed E-state index contributed by atoms with van der Waals surface area (Å²) in [7, 11) is 1.98. The summed E-state index contributed by atoms with van der Waals surface area (Å²) in [5.74, 6) is 1.45. The van der Waals surface area contributed by atoms with E-state index < -0.39 is 0 Å². The van der Waals surface area contributed by atoms with E-state index in [2.05, 4.69) is 27.3 Å². The molecule has 1 atom stereocenters. The molecule has 2 aromatic heterocycles. The molecule has 0 aliphatic carbocycles. The normalized spacial score (nSPS) is 19.1. The number of amides is 2. The maximum Gasteiger partial charge on any atom is 0.323 e. The Morgan fingerprint density at radius 2 is 2.30 bits per heavy atom. The Morgan fingerprint density at radius 3 is 2.91 bits per heavy atom. The minimum Gasteiger partial charge on any atom is -0.362 e. The molecule has 23 heavy (non-hydrogen) atoms. The molecule has 0 saturated carbocycles. The largest absolute Gasteiger partial charge is 0.362 e. The van der Waals surface area contributed by atoms with Gasteiger partial charge in [-0.15, -0.1) is 0 Å². The molecule has 0 spiro atoms. The second-order valence-corrected chi connectivity index (χ2v) is 5.76. The highest BCUT2D eigenvalue weighted by molar-refractivity contribution is 5.89. The Hall–Kier alpha value is -2.35. The summed E-state index contributed by atoms with van der Waals surface area (Å²) in [5.41, 5.74) is 0.811. The van der Waals surface area contributed by atoms with Crippen molar-refractivity contribution in [2.24, 2.45) is 7.05 Å². The fourth-order valence-corrected chi connectivity index (χ4v) is 2.91. The van der Waals surface area contributed by atoms with Crippen LogP contribution in [0.25, 0.3) is 0 Å². The van der Waals surface area contributed by atoms with Crippen LogP contribution in [0.15, 0.2) is 23.2 Å². The minimum absolute atomic E-state index is 0.0953. The lowest BCUT2D eigenvalue weighted by Gasteiger charge is -2.40. The van der Waals surface area contributed by atoms with Gasteiger partial charge in [0.05, 0.1) is 6.04 Å². The average Bonchev–Trinajstić information content (AvgIpc) is 3.15. The molecule has 0 radical (unpaired) electrons. The number of carbonyl (C=O) groups is 1. The zero-order chi connectivity index (χ0) is 16.4. The predicted octanol–water partition coefficient (Wildman–Crippen LogP) is 1.63. The summed E-state index contributed by atoms with van der Waals surface area (Å²) in [5, 5.41) is 6.61. The van der Waals surface area contributed by atoms with Crippen molar-refractivity contribution >= 4 is 11.8 Å². The van der Waals surface area contributed by atoms with Crippen LogP contribution in [0.2, 0.25) is 0 Å². The van der Waals surface area contributed by atoms with Gasteiger partial charge >= 0.3 is 6.03 Å². The number of rotatable bonds is 3. The highest BCUT2D eigenvalue weighted by Crippen LogP contribution is 2.24. The van der Waals surface area contributed by atoms with Gasteiger partial charge in [-0.3, -0.25) is 10.2 Å². The molecule has 1 saturated heterocycles. The number of nitrogens with one attached hydrogen (secondary N) is 1. The minimum atomic E-state index is -0.156. The fourth-order valence-electron chi connectivity index (χ4n) is 2.91. The molecule has 1 fully saturated rings. The van der Waals surface area contributed by atoms with Gasteiger partial charge in [-0.05, 0) is 13.5 Å². The van der Waals surface area contributed by atoms with Gasteiger partial charge in [-0.2, -0.15) is 0 Å². The Labute approximate surface area is 135 Å². The fraction of sp³-hybridized carbons (Fsp3) is 0.533. The third-order valence-electron chi connectivity index (χ3n) is 4.31. The first-order valence-electron chi connectivity index (χ1n) is 7.78. The van der Waals surface area contributed by atoms with Crippen molar-refractivity contribution in [1.29, 1.82) is 0 Å². The number of urea groups is 1. The number of nitrogens with zero attached hydrogens (tertiary/aromatic N) is 5. The monoisotopic (exact) mass is 318 g/mol. The van der Waals surface area contributed by atoms with Gasteiger partial charge in [0, 0.05) is 44.6 Å². The summed E-state index contributed by atoms with van der Waals surface area (Å²) in [6, 6.07) is -0.0603. The van der Waals surface area contributed by atoms with Gasteiger partial charge in [0.2, 0.25) is 0 Å². The van der Waals surface area contributed by atoms with E-state index in [9.17, 15) is 4.79 Å². The van der Waals surface area contributed by atoms with E-state index in [4.69, 9.17) is 4.52 Å². The number of likely N-dealkylation sites (N-methyl/N-ethyl adjacent to an activating group) is 1. The van der Waals surface area contributed by atoms with E-state index in [0.29, 0.717) is 18.9 Å². The second kappa shape index (κ2) is 6.41. The predicted molar refractivity (Wildman–Crippen MR) is 85.0 cm³/mol. The van der Waals surface area contributed by atoms with Crippen LogP contribution >= 0.6 is 0 Å². The second-order valence-electron chi connectivity index (χ2n) is 5.76. The molecule has 3 heterocycles. The van der Waals surface area contributed by atoms with Crippen molar-refractivity contribution in [2.45, 2.75) is 19.9 Å². The Morgan fingerprint density at radius 1 is 1.48 bits per heavy atom. The van der Waals surface area contributed by atoms with E-state index in [0.717, 1.165) is 24.5 Å². The van der Waals surface area contributed by atoms with Gasteiger partial charge in [0.25, 0.3) is 0 Å². The molecule has 8 heteroatoms. The first-order valence-corrected chi connectivity index (χ1v) is 7.78. The van der Waals surface area contributed by atoms with Crippen molar-refractivity contribution in [3.63, 3.8) is 0 Å². The van der Waals surface area contributed by atoms with Crippen molar-refractivity contribution in [2.75, 3.05) is 31.5 Å². The quantitative estimate of drug-likeness (QED) is 0.930. The van der Waals surface area contributed by atoms with E-state index in [-0.39, 0.29) is 12.1 Å². The number of aryl methyl sites for hydroxylation is 2. The zero-order valence-corrected chi connectivity index (χ0v) is 13.7. The number of anilines is 1.